The summed E-state index contributed by atoms with van der Waals surface area (Å²) < 4.78 is 11.6. The van der Waals surface area contributed by atoms with Crippen LogP contribution < -0.4 is 0 Å². The molecule has 162 valence electrons. The Balaban J connectivity index is 1.72. The van der Waals surface area contributed by atoms with Crippen LogP contribution in [0, 0.1) is 0 Å². The largest absolute Gasteiger partial charge is 0.388 e. The molecule has 0 bridgehead atoms. The van der Waals surface area contributed by atoms with Gasteiger partial charge < -0.3 is 24.5 Å². The number of aliphatic hydroxyl groups is 2. The zero-order valence-electron chi connectivity index (χ0n) is 17.3. The molecule has 3 rings (SSSR count). The molecule has 5 heteroatoms. The zero-order valence-corrected chi connectivity index (χ0v) is 17.3. The molecule has 0 aliphatic rings. The van der Waals surface area contributed by atoms with Gasteiger partial charge in [-0.05, 0) is 16.7 Å². The average molecular weight is 421 g/mol. The smallest absolute Gasteiger partial charge is 0.154 e. The van der Waals surface area contributed by atoms with Crippen molar-refractivity contribution in [1.29, 1.82) is 0 Å². The van der Waals surface area contributed by atoms with E-state index in [0.29, 0.717) is 12.9 Å². The minimum Gasteiger partial charge on any atom is -0.388 e. The highest BCUT2D eigenvalue weighted by molar-refractivity contribution is 5.64. The van der Waals surface area contributed by atoms with E-state index in [-0.39, 0.29) is 19.6 Å². The van der Waals surface area contributed by atoms with Crippen molar-refractivity contribution in [3.05, 3.63) is 108 Å². The molecular formula is C26H28O5. The van der Waals surface area contributed by atoms with E-state index in [1.165, 1.54) is 0 Å². The third-order valence-corrected chi connectivity index (χ3v) is 5.05. The third-order valence-electron chi connectivity index (χ3n) is 5.05. The summed E-state index contributed by atoms with van der Waals surface area (Å²) in [4.78, 5) is 12.0. The van der Waals surface area contributed by atoms with Crippen LogP contribution in [0.3, 0.4) is 0 Å². The minimum atomic E-state index is -1.91. The Morgan fingerprint density at radius 2 is 1.26 bits per heavy atom. The minimum absolute atomic E-state index is 0.0204. The van der Waals surface area contributed by atoms with Gasteiger partial charge in [0.15, 0.2) is 11.9 Å². The maximum atomic E-state index is 12.0. The van der Waals surface area contributed by atoms with Gasteiger partial charge in [0.1, 0.15) is 12.2 Å². The van der Waals surface area contributed by atoms with Crippen LogP contribution in [-0.2, 0) is 33.9 Å². The second-order valence-corrected chi connectivity index (χ2v) is 7.56. The number of hydrogen-bond acceptors (Lipinski definition) is 5. The number of ether oxygens (including phenoxy) is 2. The number of carbonyl (C=O) groups is 1. The van der Waals surface area contributed by atoms with Crippen molar-refractivity contribution in [2.75, 3.05) is 6.61 Å². The van der Waals surface area contributed by atoms with Crippen molar-refractivity contribution < 1.29 is 24.5 Å². The monoisotopic (exact) mass is 420 g/mol. The molecule has 0 saturated heterocycles. The van der Waals surface area contributed by atoms with Crippen molar-refractivity contribution >= 4 is 6.29 Å². The van der Waals surface area contributed by atoms with Gasteiger partial charge in [0.25, 0.3) is 0 Å². The molecule has 0 saturated carbocycles. The summed E-state index contributed by atoms with van der Waals surface area (Å²) in [5.74, 6) is 0. The molecule has 0 unspecified atom stereocenters. The number of benzene rings is 3. The van der Waals surface area contributed by atoms with Gasteiger partial charge in [-0.2, -0.15) is 0 Å². The maximum absolute atomic E-state index is 12.0. The molecule has 0 spiro atoms. The summed E-state index contributed by atoms with van der Waals surface area (Å²) in [6.07, 6.45) is -1.89. The van der Waals surface area contributed by atoms with Crippen LogP contribution in [0.1, 0.15) is 16.7 Å². The van der Waals surface area contributed by atoms with Crippen LogP contribution >= 0.6 is 0 Å². The van der Waals surface area contributed by atoms with Gasteiger partial charge in [-0.25, -0.2) is 0 Å². The van der Waals surface area contributed by atoms with Gasteiger partial charge in [0.05, 0.1) is 19.8 Å². The first-order valence-electron chi connectivity index (χ1n) is 10.3. The van der Waals surface area contributed by atoms with Crippen LogP contribution in [0.5, 0.6) is 0 Å². The van der Waals surface area contributed by atoms with Crippen molar-refractivity contribution in [1.82, 2.24) is 0 Å². The summed E-state index contributed by atoms with van der Waals surface area (Å²) in [6.45, 7) is 0.368. The Hall–Kier alpha value is -2.83. The molecule has 31 heavy (non-hydrogen) atoms. The van der Waals surface area contributed by atoms with Crippen LogP contribution in [0.4, 0.5) is 0 Å². The van der Waals surface area contributed by atoms with Gasteiger partial charge in [-0.1, -0.05) is 91.0 Å². The molecule has 0 aromatic heterocycles. The Labute approximate surface area is 182 Å². The van der Waals surface area contributed by atoms with Gasteiger partial charge in [0, 0.05) is 6.42 Å². The maximum Gasteiger partial charge on any atom is 0.154 e. The molecule has 3 aromatic carbocycles. The van der Waals surface area contributed by atoms with Crippen LogP contribution in [0.15, 0.2) is 91.0 Å². The molecular weight excluding hydrogens is 392 g/mol. The molecule has 3 atom stereocenters. The van der Waals surface area contributed by atoms with E-state index in [4.69, 9.17) is 9.47 Å². The molecule has 0 amide bonds. The molecule has 0 aliphatic heterocycles. The highest BCUT2D eigenvalue weighted by Crippen LogP contribution is 2.23. The van der Waals surface area contributed by atoms with E-state index >= 15 is 0 Å². The predicted octanol–water partition coefficient (Wildman–Crippen LogP) is 3.32. The van der Waals surface area contributed by atoms with E-state index in [1.54, 1.807) is 0 Å². The van der Waals surface area contributed by atoms with E-state index in [1.807, 2.05) is 91.0 Å². The Morgan fingerprint density at radius 1 is 0.774 bits per heavy atom. The Morgan fingerprint density at radius 3 is 1.77 bits per heavy atom. The lowest BCUT2D eigenvalue weighted by Gasteiger charge is -2.35. The summed E-state index contributed by atoms with van der Waals surface area (Å²) in [7, 11) is 0. The van der Waals surface area contributed by atoms with E-state index in [9.17, 15) is 15.0 Å². The Kier molecular flexibility index (Phi) is 8.50. The van der Waals surface area contributed by atoms with Gasteiger partial charge in [-0.15, -0.1) is 0 Å². The summed E-state index contributed by atoms with van der Waals surface area (Å²) in [5.41, 5.74) is 0.693. The average Bonchev–Trinajstić information content (AvgIpc) is 2.81. The van der Waals surface area contributed by atoms with E-state index in [2.05, 4.69) is 0 Å². The quantitative estimate of drug-likeness (QED) is 0.440. The standard InChI is InChI=1S/C26H28O5/c27-20-26(29,16-21-10-4-1-5-11-21)25(31-18-23-14-8-3-9-15-23)24(28)19-30-17-22-12-6-2-7-13-22/h1-15,20,24-25,28-29H,16-19H2/t24-,25-,26-/m1/s1. The first-order chi connectivity index (χ1) is 15.1. The topological polar surface area (TPSA) is 76.0 Å². The normalized spacial score (nSPS) is 15.0. The SMILES string of the molecule is O=C[C@](O)(Cc1ccccc1)[C@H](OCc1ccccc1)[C@H](O)COCc1ccccc1. The first-order valence-corrected chi connectivity index (χ1v) is 10.3. The third kappa shape index (κ3) is 6.84. The fraction of sp³-hybridized carbons (Fsp3) is 0.269. The number of aldehydes is 1. The number of aliphatic hydroxyl groups excluding tert-OH is 1. The predicted molar refractivity (Wildman–Crippen MR) is 118 cm³/mol. The lowest BCUT2D eigenvalue weighted by molar-refractivity contribution is -0.174. The van der Waals surface area contributed by atoms with Crippen molar-refractivity contribution in [2.24, 2.45) is 0 Å². The van der Waals surface area contributed by atoms with Crippen molar-refractivity contribution in [3.8, 4) is 0 Å². The summed E-state index contributed by atoms with van der Waals surface area (Å²) in [5, 5.41) is 22.0. The summed E-state index contributed by atoms with van der Waals surface area (Å²) >= 11 is 0. The fourth-order valence-electron chi connectivity index (χ4n) is 3.44. The number of hydrogen-bond donors (Lipinski definition) is 2. The molecule has 0 radical (unpaired) electrons. The lowest BCUT2D eigenvalue weighted by atomic mass is 9.87. The first kappa shape index (κ1) is 22.8. The highest BCUT2D eigenvalue weighted by Gasteiger charge is 2.42. The molecule has 3 aromatic rings. The molecule has 0 heterocycles. The van der Waals surface area contributed by atoms with Crippen LogP contribution in [0.25, 0.3) is 0 Å². The molecule has 5 nitrogen and oxygen atoms in total. The zero-order chi connectivity index (χ0) is 21.9. The van der Waals surface area contributed by atoms with Crippen LogP contribution in [-0.4, -0.2) is 40.9 Å². The summed E-state index contributed by atoms with van der Waals surface area (Å²) in [6, 6.07) is 28.2. The lowest BCUT2D eigenvalue weighted by Crippen LogP contribution is -2.54. The van der Waals surface area contributed by atoms with Crippen molar-refractivity contribution in [2.45, 2.75) is 37.4 Å². The number of rotatable bonds is 12. The van der Waals surface area contributed by atoms with Crippen LogP contribution in [0.2, 0.25) is 0 Å². The molecule has 2 N–H and O–H groups in total. The second kappa shape index (κ2) is 11.5. The van der Waals surface area contributed by atoms with E-state index in [0.717, 1.165) is 16.7 Å². The molecule has 0 fully saturated rings. The van der Waals surface area contributed by atoms with Gasteiger partial charge in [-0.3, -0.25) is 0 Å². The Bertz CT molecular complexity index is 901. The fourth-order valence-corrected chi connectivity index (χ4v) is 3.44. The van der Waals surface area contributed by atoms with Gasteiger partial charge in [0.2, 0.25) is 0 Å². The second-order valence-electron chi connectivity index (χ2n) is 7.56. The van der Waals surface area contributed by atoms with Gasteiger partial charge >= 0.3 is 0 Å². The van der Waals surface area contributed by atoms with E-state index < -0.39 is 17.8 Å². The molecule has 0 aliphatic carbocycles. The van der Waals surface area contributed by atoms with Crippen molar-refractivity contribution in [3.63, 3.8) is 0 Å². The highest BCUT2D eigenvalue weighted by atomic mass is 16.5. The number of carbonyl (C=O) groups excluding carboxylic acids is 1.